The molecule has 0 bridgehead atoms. The highest BCUT2D eigenvalue weighted by Gasteiger charge is 2.11. The molecule has 110 valence electrons. The van der Waals surface area contributed by atoms with Crippen LogP contribution in [0.3, 0.4) is 0 Å². The Hall–Kier alpha value is -0.200. The van der Waals surface area contributed by atoms with Gasteiger partial charge in [0.2, 0.25) is 0 Å². The van der Waals surface area contributed by atoms with Crippen LogP contribution in [-0.2, 0) is 0 Å². The lowest BCUT2D eigenvalue weighted by molar-refractivity contribution is 0.0796. The maximum Gasteiger partial charge on any atom is 0.0639 e. The van der Waals surface area contributed by atoms with Gasteiger partial charge in [0.1, 0.15) is 0 Å². The van der Waals surface area contributed by atoms with Gasteiger partial charge in [-0.2, -0.15) is 0 Å². The molecule has 0 radical (unpaired) electrons. The average molecular weight is 262 g/mol. The quantitative estimate of drug-likeness (QED) is 0.507. The van der Waals surface area contributed by atoms with E-state index in [9.17, 15) is 15.3 Å². The predicted octanol–water partition coefficient (Wildman–Crippen LogP) is -0.247. The van der Waals surface area contributed by atoms with E-state index in [1.807, 2.05) is 7.05 Å². The van der Waals surface area contributed by atoms with Gasteiger partial charge < -0.3 is 20.2 Å². The molecular weight excluding hydrogens is 232 g/mol. The lowest BCUT2D eigenvalue weighted by Crippen LogP contribution is -2.38. The molecule has 0 spiro atoms. The van der Waals surface area contributed by atoms with Gasteiger partial charge in [0.25, 0.3) is 0 Å². The standard InChI is InChI=1S/C13H30N2O3/c1-11(16)8-14(4)6-5-7-15(9-12(2)17)10-13(3)18/h11-13,16-18H,5-10H2,1-4H3. The minimum Gasteiger partial charge on any atom is -0.392 e. The number of hydrogen-bond acceptors (Lipinski definition) is 5. The number of hydrogen-bond donors (Lipinski definition) is 3. The second kappa shape index (κ2) is 9.69. The van der Waals surface area contributed by atoms with E-state index >= 15 is 0 Å². The Morgan fingerprint density at radius 3 is 1.61 bits per heavy atom. The average Bonchev–Trinajstić information content (AvgIpc) is 2.13. The van der Waals surface area contributed by atoms with Crippen molar-refractivity contribution >= 4 is 0 Å². The van der Waals surface area contributed by atoms with Crippen LogP contribution >= 0.6 is 0 Å². The maximum atomic E-state index is 9.40. The van der Waals surface area contributed by atoms with Crippen molar-refractivity contribution in [1.82, 2.24) is 9.80 Å². The van der Waals surface area contributed by atoms with Crippen molar-refractivity contribution in [3.05, 3.63) is 0 Å². The summed E-state index contributed by atoms with van der Waals surface area (Å²) in [6.07, 6.45) is -0.0956. The Morgan fingerprint density at radius 1 is 0.778 bits per heavy atom. The van der Waals surface area contributed by atoms with Crippen LogP contribution in [0.4, 0.5) is 0 Å². The van der Waals surface area contributed by atoms with Crippen LogP contribution in [-0.4, -0.2) is 83.2 Å². The topological polar surface area (TPSA) is 67.2 Å². The van der Waals surface area contributed by atoms with Gasteiger partial charge in [-0.05, 0) is 47.3 Å². The molecule has 3 unspecified atom stereocenters. The van der Waals surface area contributed by atoms with E-state index in [0.29, 0.717) is 19.6 Å². The van der Waals surface area contributed by atoms with Crippen molar-refractivity contribution in [3.63, 3.8) is 0 Å². The Morgan fingerprint density at radius 2 is 1.22 bits per heavy atom. The monoisotopic (exact) mass is 262 g/mol. The van der Waals surface area contributed by atoms with Gasteiger partial charge in [0.05, 0.1) is 18.3 Å². The van der Waals surface area contributed by atoms with Crippen molar-refractivity contribution in [3.8, 4) is 0 Å². The highest BCUT2D eigenvalue weighted by atomic mass is 16.3. The minimum atomic E-state index is -0.376. The molecule has 18 heavy (non-hydrogen) atoms. The van der Waals surface area contributed by atoms with Gasteiger partial charge in [0.15, 0.2) is 0 Å². The normalized spacial score (nSPS) is 17.2. The summed E-state index contributed by atoms with van der Waals surface area (Å²) in [5.74, 6) is 0. The zero-order chi connectivity index (χ0) is 14.1. The van der Waals surface area contributed by atoms with Crippen LogP contribution in [0.15, 0.2) is 0 Å². The molecule has 5 heteroatoms. The second-order valence-corrected chi connectivity index (χ2v) is 5.42. The molecule has 0 aromatic carbocycles. The molecular formula is C13H30N2O3. The fourth-order valence-corrected chi connectivity index (χ4v) is 2.11. The van der Waals surface area contributed by atoms with E-state index in [-0.39, 0.29) is 18.3 Å². The summed E-state index contributed by atoms with van der Waals surface area (Å²) < 4.78 is 0. The molecule has 0 saturated heterocycles. The van der Waals surface area contributed by atoms with E-state index < -0.39 is 0 Å². The van der Waals surface area contributed by atoms with Crippen LogP contribution in [0.5, 0.6) is 0 Å². The van der Waals surface area contributed by atoms with Crippen LogP contribution in [0.2, 0.25) is 0 Å². The van der Waals surface area contributed by atoms with Crippen LogP contribution in [0.1, 0.15) is 27.2 Å². The summed E-state index contributed by atoms with van der Waals surface area (Å²) in [5.41, 5.74) is 0. The predicted molar refractivity (Wildman–Crippen MR) is 73.6 cm³/mol. The van der Waals surface area contributed by atoms with Crippen LogP contribution < -0.4 is 0 Å². The lowest BCUT2D eigenvalue weighted by Gasteiger charge is -2.26. The van der Waals surface area contributed by atoms with Crippen molar-refractivity contribution in [2.75, 3.05) is 39.8 Å². The first-order valence-corrected chi connectivity index (χ1v) is 6.76. The fraction of sp³-hybridized carbons (Fsp3) is 1.00. The fourth-order valence-electron chi connectivity index (χ4n) is 2.11. The highest BCUT2D eigenvalue weighted by Crippen LogP contribution is 1.99. The van der Waals surface area contributed by atoms with E-state index in [4.69, 9.17) is 0 Å². The van der Waals surface area contributed by atoms with Crippen LogP contribution in [0, 0.1) is 0 Å². The Kier molecular flexibility index (Phi) is 9.59. The summed E-state index contributed by atoms with van der Waals surface area (Å²) in [5, 5.41) is 28.0. The minimum absolute atomic E-state index is 0.305. The Balaban J connectivity index is 3.87. The molecule has 0 saturated carbocycles. The number of rotatable bonds is 10. The largest absolute Gasteiger partial charge is 0.392 e. The molecule has 0 aliphatic rings. The van der Waals surface area contributed by atoms with Gasteiger partial charge in [-0.3, -0.25) is 4.90 Å². The first kappa shape index (κ1) is 17.8. The molecule has 0 aromatic rings. The zero-order valence-electron chi connectivity index (χ0n) is 12.2. The van der Waals surface area contributed by atoms with E-state index in [1.165, 1.54) is 0 Å². The Bertz CT molecular complexity index is 189. The lowest BCUT2D eigenvalue weighted by atomic mass is 10.2. The van der Waals surface area contributed by atoms with Gasteiger partial charge in [0, 0.05) is 19.6 Å². The van der Waals surface area contributed by atoms with Gasteiger partial charge in [-0.15, -0.1) is 0 Å². The maximum absolute atomic E-state index is 9.40. The number of aliphatic hydroxyl groups excluding tert-OH is 3. The smallest absolute Gasteiger partial charge is 0.0639 e. The summed E-state index contributed by atoms with van der Waals surface area (Å²) in [7, 11) is 1.99. The summed E-state index contributed by atoms with van der Waals surface area (Å²) in [6, 6.07) is 0. The molecule has 0 heterocycles. The van der Waals surface area contributed by atoms with Crippen molar-refractivity contribution in [2.45, 2.75) is 45.5 Å². The molecule has 5 nitrogen and oxygen atoms in total. The SMILES string of the molecule is CC(O)CN(C)CCCN(CC(C)O)CC(C)O. The molecule has 0 aliphatic heterocycles. The third kappa shape index (κ3) is 10.9. The van der Waals surface area contributed by atoms with Gasteiger partial charge in [-0.25, -0.2) is 0 Å². The highest BCUT2D eigenvalue weighted by molar-refractivity contribution is 4.66. The van der Waals surface area contributed by atoms with Gasteiger partial charge in [-0.1, -0.05) is 0 Å². The summed E-state index contributed by atoms with van der Waals surface area (Å²) in [6.45, 7) is 8.90. The number of likely N-dealkylation sites (N-methyl/N-ethyl adjacent to an activating group) is 1. The molecule has 0 aliphatic carbocycles. The van der Waals surface area contributed by atoms with Crippen molar-refractivity contribution in [1.29, 1.82) is 0 Å². The first-order valence-electron chi connectivity index (χ1n) is 6.76. The molecule has 0 rings (SSSR count). The molecule has 0 fully saturated rings. The number of aliphatic hydroxyl groups is 3. The number of nitrogens with zero attached hydrogens (tertiary/aromatic N) is 2. The third-order valence-corrected chi connectivity index (χ3v) is 2.63. The summed E-state index contributed by atoms with van der Waals surface area (Å²) in [4.78, 5) is 4.17. The third-order valence-electron chi connectivity index (χ3n) is 2.63. The molecule has 0 amide bonds. The molecule has 3 N–H and O–H groups in total. The second-order valence-electron chi connectivity index (χ2n) is 5.42. The summed E-state index contributed by atoms with van der Waals surface area (Å²) >= 11 is 0. The Labute approximate surface area is 111 Å². The van der Waals surface area contributed by atoms with E-state index in [2.05, 4.69) is 9.80 Å². The zero-order valence-corrected chi connectivity index (χ0v) is 12.2. The molecule has 3 atom stereocenters. The van der Waals surface area contributed by atoms with Crippen LogP contribution in [0.25, 0.3) is 0 Å². The molecule has 0 aromatic heterocycles. The first-order chi connectivity index (χ1) is 8.31. The van der Waals surface area contributed by atoms with Gasteiger partial charge >= 0.3 is 0 Å². The van der Waals surface area contributed by atoms with Crippen molar-refractivity contribution in [2.24, 2.45) is 0 Å². The van der Waals surface area contributed by atoms with E-state index in [0.717, 1.165) is 19.5 Å². The van der Waals surface area contributed by atoms with E-state index in [1.54, 1.807) is 20.8 Å². The van der Waals surface area contributed by atoms with Crippen molar-refractivity contribution < 1.29 is 15.3 Å².